The first-order valence-electron chi connectivity index (χ1n) is 5.50. The van der Waals surface area contributed by atoms with Crippen molar-refractivity contribution in [1.29, 1.82) is 0 Å². The van der Waals surface area contributed by atoms with Crippen molar-refractivity contribution in [2.75, 3.05) is 0 Å². The standard InChI is InChI=1S/C15H16O/c1-15(16,14-10-6-3-7-11-14)12-13-8-4-2-5-9-13/h2-11,16H,12H2,1H3/t15-/m1/s1. The summed E-state index contributed by atoms with van der Waals surface area (Å²) in [6, 6.07) is 19.8. The van der Waals surface area contributed by atoms with Crippen LogP contribution < -0.4 is 0 Å². The second kappa shape index (κ2) is 4.50. The summed E-state index contributed by atoms with van der Waals surface area (Å²) in [6.07, 6.45) is 0.637. The zero-order chi connectivity index (χ0) is 11.4. The Morgan fingerprint density at radius 3 is 1.94 bits per heavy atom. The molecule has 2 aromatic rings. The van der Waals surface area contributed by atoms with Gasteiger partial charge in [-0.3, -0.25) is 0 Å². The molecule has 1 heteroatoms. The highest BCUT2D eigenvalue weighted by molar-refractivity contribution is 5.25. The minimum absolute atomic E-state index is 0.637. The molecular weight excluding hydrogens is 196 g/mol. The summed E-state index contributed by atoms with van der Waals surface area (Å²) in [5, 5.41) is 10.4. The first-order valence-corrected chi connectivity index (χ1v) is 5.50. The van der Waals surface area contributed by atoms with Gasteiger partial charge in [0.15, 0.2) is 0 Å². The van der Waals surface area contributed by atoms with Gasteiger partial charge < -0.3 is 5.11 Å². The van der Waals surface area contributed by atoms with E-state index < -0.39 is 5.60 Å². The Bertz CT molecular complexity index is 432. The second-order valence-corrected chi connectivity index (χ2v) is 4.30. The molecule has 82 valence electrons. The first-order chi connectivity index (χ1) is 7.68. The van der Waals surface area contributed by atoms with E-state index in [1.165, 1.54) is 0 Å². The lowest BCUT2D eigenvalue weighted by Crippen LogP contribution is -2.24. The molecule has 0 bridgehead atoms. The largest absolute Gasteiger partial charge is 0.385 e. The van der Waals surface area contributed by atoms with Crippen molar-refractivity contribution in [3.63, 3.8) is 0 Å². The fourth-order valence-corrected chi connectivity index (χ4v) is 1.89. The Morgan fingerprint density at radius 1 is 0.875 bits per heavy atom. The minimum atomic E-state index is -0.803. The van der Waals surface area contributed by atoms with Crippen LogP contribution in [-0.2, 0) is 12.0 Å². The molecule has 0 fully saturated rings. The quantitative estimate of drug-likeness (QED) is 0.828. The van der Waals surface area contributed by atoms with Crippen molar-refractivity contribution in [2.24, 2.45) is 0 Å². The van der Waals surface area contributed by atoms with Crippen molar-refractivity contribution in [1.82, 2.24) is 0 Å². The molecule has 1 atom stereocenters. The summed E-state index contributed by atoms with van der Waals surface area (Å²) in [7, 11) is 0. The zero-order valence-corrected chi connectivity index (χ0v) is 9.43. The summed E-state index contributed by atoms with van der Waals surface area (Å²) < 4.78 is 0. The van der Waals surface area contributed by atoms with Crippen molar-refractivity contribution in [2.45, 2.75) is 18.9 Å². The summed E-state index contributed by atoms with van der Waals surface area (Å²) in [6.45, 7) is 1.86. The molecule has 0 aromatic heterocycles. The van der Waals surface area contributed by atoms with Crippen LogP contribution in [-0.4, -0.2) is 5.11 Å². The van der Waals surface area contributed by atoms with Gasteiger partial charge in [0, 0.05) is 6.42 Å². The minimum Gasteiger partial charge on any atom is -0.385 e. The smallest absolute Gasteiger partial charge is 0.0908 e. The lowest BCUT2D eigenvalue weighted by molar-refractivity contribution is 0.0576. The molecule has 0 aliphatic carbocycles. The summed E-state index contributed by atoms with van der Waals surface area (Å²) in [5.41, 5.74) is 1.30. The van der Waals surface area contributed by atoms with Gasteiger partial charge in [-0.25, -0.2) is 0 Å². The van der Waals surface area contributed by atoms with Gasteiger partial charge in [0.2, 0.25) is 0 Å². The van der Waals surface area contributed by atoms with Crippen LogP contribution in [0.15, 0.2) is 60.7 Å². The zero-order valence-electron chi connectivity index (χ0n) is 9.43. The van der Waals surface area contributed by atoms with E-state index in [-0.39, 0.29) is 0 Å². The van der Waals surface area contributed by atoms with Gasteiger partial charge in [0.25, 0.3) is 0 Å². The van der Waals surface area contributed by atoms with Crippen LogP contribution in [0.3, 0.4) is 0 Å². The van der Waals surface area contributed by atoms with E-state index in [1.807, 2.05) is 67.6 Å². The Labute approximate surface area is 96.4 Å². The Hall–Kier alpha value is -1.60. The number of rotatable bonds is 3. The fraction of sp³-hybridized carbons (Fsp3) is 0.200. The first kappa shape index (κ1) is 10.9. The van der Waals surface area contributed by atoms with Crippen molar-refractivity contribution >= 4 is 0 Å². The van der Waals surface area contributed by atoms with Crippen molar-refractivity contribution in [3.8, 4) is 0 Å². The molecule has 0 radical (unpaired) electrons. The highest BCUT2D eigenvalue weighted by Crippen LogP contribution is 2.24. The van der Waals surface area contributed by atoms with Gasteiger partial charge >= 0.3 is 0 Å². The molecule has 0 amide bonds. The molecule has 2 aromatic carbocycles. The van der Waals surface area contributed by atoms with E-state index in [4.69, 9.17) is 0 Å². The van der Waals surface area contributed by atoms with Crippen molar-refractivity contribution in [3.05, 3.63) is 71.8 Å². The van der Waals surface area contributed by atoms with Gasteiger partial charge in [-0.15, -0.1) is 0 Å². The Balaban J connectivity index is 2.21. The highest BCUT2D eigenvalue weighted by atomic mass is 16.3. The predicted octanol–water partition coefficient (Wildman–Crippen LogP) is 3.14. The van der Waals surface area contributed by atoms with Gasteiger partial charge in [-0.2, -0.15) is 0 Å². The molecule has 0 aliphatic rings. The molecule has 0 saturated carbocycles. The van der Waals surface area contributed by atoms with Crippen LogP contribution in [0.5, 0.6) is 0 Å². The molecule has 2 rings (SSSR count). The molecular formula is C15H16O. The van der Waals surface area contributed by atoms with E-state index >= 15 is 0 Å². The monoisotopic (exact) mass is 212 g/mol. The van der Waals surface area contributed by atoms with Crippen LogP contribution in [0.4, 0.5) is 0 Å². The summed E-state index contributed by atoms with van der Waals surface area (Å²) >= 11 is 0. The summed E-state index contributed by atoms with van der Waals surface area (Å²) in [5.74, 6) is 0. The molecule has 0 spiro atoms. The fourth-order valence-electron chi connectivity index (χ4n) is 1.89. The average Bonchev–Trinajstić information content (AvgIpc) is 2.31. The van der Waals surface area contributed by atoms with E-state index in [0.717, 1.165) is 11.1 Å². The number of aliphatic hydroxyl groups is 1. The third-order valence-electron chi connectivity index (χ3n) is 2.79. The van der Waals surface area contributed by atoms with Crippen LogP contribution in [0.25, 0.3) is 0 Å². The van der Waals surface area contributed by atoms with E-state index in [9.17, 15) is 5.11 Å². The number of benzene rings is 2. The molecule has 0 unspecified atom stereocenters. The molecule has 16 heavy (non-hydrogen) atoms. The number of hydrogen-bond donors (Lipinski definition) is 1. The lowest BCUT2D eigenvalue weighted by atomic mass is 9.89. The Kier molecular flexibility index (Phi) is 3.07. The molecule has 0 heterocycles. The van der Waals surface area contributed by atoms with E-state index in [1.54, 1.807) is 0 Å². The van der Waals surface area contributed by atoms with Gasteiger partial charge in [-0.05, 0) is 18.1 Å². The maximum atomic E-state index is 10.4. The van der Waals surface area contributed by atoms with Crippen molar-refractivity contribution < 1.29 is 5.11 Å². The molecule has 1 N–H and O–H groups in total. The molecule has 0 aliphatic heterocycles. The molecule has 1 nitrogen and oxygen atoms in total. The van der Waals surface area contributed by atoms with Gasteiger partial charge in [-0.1, -0.05) is 60.7 Å². The maximum absolute atomic E-state index is 10.4. The topological polar surface area (TPSA) is 20.2 Å². The van der Waals surface area contributed by atoms with Gasteiger partial charge in [0.05, 0.1) is 5.60 Å². The Morgan fingerprint density at radius 2 is 1.38 bits per heavy atom. The lowest BCUT2D eigenvalue weighted by Gasteiger charge is -2.23. The maximum Gasteiger partial charge on any atom is 0.0908 e. The van der Waals surface area contributed by atoms with Crippen LogP contribution >= 0.6 is 0 Å². The second-order valence-electron chi connectivity index (χ2n) is 4.30. The normalized spacial score (nSPS) is 14.4. The molecule has 0 saturated heterocycles. The van der Waals surface area contributed by atoms with Crippen LogP contribution in [0, 0.1) is 0 Å². The van der Waals surface area contributed by atoms with E-state index in [0.29, 0.717) is 6.42 Å². The average molecular weight is 212 g/mol. The van der Waals surface area contributed by atoms with Crippen LogP contribution in [0.2, 0.25) is 0 Å². The third kappa shape index (κ3) is 2.50. The number of hydrogen-bond acceptors (Lipinski definition) is 1. The van der Waals surface area contributed by atoms with E-state index in [2.05, 4.69) is 0 Å². The van der Waals surface area contributed by atoms with Crippen LogP contribution in [0.1, 0.15) is 18.1 Å². The third-order valence-corrected chi connectivity index (χ3v) is 2.79. The SMILES string of the molecule is C[C@@](O)(Cc1ccccc1)c1ccccc1. The predicted molar refractivity (Wildman–Crippen MR) is 66.2 cm³/mol. The highest BCUT2D eigenvalue weighted by Gasteiger charge is 2.22. The van der Waals surface area contributed by atoms with Gasteiger partial charge in [0.1, 0.15) is 0 Å². The summed E-state index contributed by atoms with van der Waals surface area (Å²) in [4.78, 5) is 0.